The number of nitrogens with one attached hydrogen (secondary N) is 1. The molecule has 0 saturated carbocycles. The van der Waals surface area contributed by atoms with E-state index in [4.69, 9.17) is 19.7 Å². The molecular weight excluding hydrogens is 509 g/mol. The molecule has 13 heteroatoms. The number of carbonyl (C=O) groups excluding carboxylic acids is 1. The lowest BCUT2D eigenvalue weighted by Gasteiger charge is -2.23. The van der Waals surface area contributed by atoms with Gasteiger partial charge in [0.1, 0.15) is 11.6 Å². The normalized spacial score (nSPS) is 12.2. The highest BCUT2D eigenvalue weighted by atomic mass is 19.4. The van der Waals surface area contributed by atoms with E-state index in [1.165, 1.54) is 0 Å². The number of benzene rings is 2. The van der Waals surface area contributed by atoms with Crippen LogP contribution in [0.15, 0.2) is 48.7 Å². The standard InChI is InChI=1S/C23H24N4O4.C2HF3O2/c1-15-12-16(9-10-20(15)31-11-5-8-21(28)29)23(30)27-14-17-13-24-26(2)22(17)25-18-6-3-4-7-19(18)27;3-2(4,5)1(6)7/h3-4,6-7,9-10,12-13,25H,5,8,11,14H2,1-2H3,(H,28,29);(H,6,7). The minimum atomic E-state index is -5.08. The molecule has 0 radical (unpaired) electrons. The molecule has 3 aromatic rings. The molecule has 0 fully saturated rings. The van der Waals surface area contributed by atoms with E-state index in [2.05, 4.69) is 10.4 Å². The van der Waals surface area contributed by atoms with Crippen LogP contribution in [0.2, 0.25) is 0 Å². The topological polar surface area (TPSA) is 134 Å². The van der Waals surface area contributed by atoms with Crippen LogP contribution in [0.25, 0.3) is 0 Å². The second kappa shape index (κ2) is 11.7. The number of fused-ring (bicyclic) bond motifs is 2. The van der Waals surface area contributed by atoms with Crippen LogP contribution in [0.5, 0.6) is 5.75 Å². The average Bonchev–Trinajstić information content (AvgIpc) is 3.10. The summed E-state index contributed by atoms with van der Waals surface area (Å²) >= 11 is 0. The summed E-state index contributed by atoms with van der Waals surface area (Å²) < 4.78 is 39.2. The number of alkyl halides is 3. The number of hydrogen-bond donors (Lipinski definition) is 3. The molecule has 0 saturated heterocycles. The Morgan fingerprint density at radius 1 is 1.13 bits per heavy atom. The maximum atomic E-state index is 13.5. The summed E-state index contributed by atoms with van der Waals surface area (Å²) in [7, 11) is 1.87. The van der Waals surface area contributed by atoms with Crippen molar-refractivity contribution >= 4 is 35.0 Å². The van der Waals surface area contributed by atoms with E-state index in [1.807, 2.05) is 38.2 Å². The highest BCUT2D eigenvalue weighted by Gasteiger charge is 2.38. The van der Waals surface area contributed by atoms with E-state index in [0.29, 0.717) is 30.9 Å². The molecule has 0 spiro atoms. The number of nitrogens with zero attached hydrogens (tertiary/aromatic N) is 3. The van der Waals surface area contributed by atoms with Crippen LogP contribution in [-0.4, -0.2) is 50.6 Å². The molecule has 0 bridgehead atoms. The molecule has 0 unspecified atom stereocenters. The molecule has 3 N–H and O–H groups in total. The van der Waals surface area contributed by atoms with Gasteiger partial charge in [-0.3, -0.25) is 14.3 Å². The molecular formula is C25H25F3N4O6. The van der Waals surface area contributed by atoms with Crippen molar-refractivity contribution < 1.29 is 42.5 Å². The molecule has 10 nitrogen and oxygen atoms in total. The third kappa shape index (κ3) is 6.81. The first kappa shape index (κ1) is 28.0. The lowest BCUT2D eigenvalue weighted by Crippen LogP contribution is -2.30. The molecule has 38 heavy (non-hydrogen) atoms. The number of rotatable bonds is 6. The summed E-state index contributed by atoms with van der Waals surface area (Å²) in [4.78, 5) is 34.8. The first-order chi connectivity index (χ1) is 17.9. The van der Waals surface area contributed by atoms with Crippen molar-refractivity contribution in [2.24, 2.45) is 7.05 Å². The third-order valence-electron chi connectivity index (χ3n) is 5.49. The second-order valence-electron chi connectivity index (χ2n) is 8.30. The zero-order chi connectivity index (χ0) is 28.0. The maximum absolute atomic E-state index is 13.5. The van der Waals surface area contributed by atoms with Crippen molar-refractivity contribution in [1.29, 1.82) is 0 Å². The minimum Gasteiger partial charge on any atom is -0.493 e. The van der Waals surface area contributed by atoms with E-state index >= 15 is 0 Å². The largest absolute Gasteiger partial charge is 0.493 e. The van der Waals surface area contributed by atoms with Gasteiger partial charge in [0, 0.05) is 24.6 Å². The van der Waals surface area contributed by atoms with Gasteiger partial charge < -0.3 is 25.2 Å². The number of carbonyl (C=O) groups is 3. The average molecular weight is 534 g/mol. The predicted molar refractivity (Wildman–Crippen MR) is 131 cm³/mol. The fraction of sp³-hybridized carbons (Fsp3) is 0.280. The lowest BCUT2D eigenvalue weighted by atomic mass is 10.1. The van der Waals surface area contributed by atoms with Gasteiger partial charge in [-0.15, -0.1) is 0 Å². The summed E-state index contributed by atoms with van der Waals surface area (Å²) in [5.74, 6) is -2.21. The Labute approximate surface area is 215 Å². The summed E-state index contributed by atoms with van der Waals surface area (Å²) in [6.45, 7) is 2.59. The molecule has 2 aromatic carbocycles. The molecule has 1 aromatic heterocycles. The summed E-state index contributed by atoms with van der Waals surface area (Å²) in [6.07, 6.45) is -2.82. The van der Waals surface area contributed by atoms with Gasteiger partial charge >= 0.3 is 18.1 Å². The monoisotopic (exact) mass is 534 g/mol. The number of aryl methyl sites for hydroxylation is 2. The molecule has 0 atom stereocenters. The van der Waals surface area contributed by atoms with Crippen molar-refractivity contribution in [3.63, 3.8) is 0 Å². The molecule has 2 heterocycles. The number of carboxylic acids is 2. The van der Waals surface area contributed by atoms with Crippen molar-refractivity contribution in [3.05, 3.63) is 65.4 Å². The van der Waals surface area contributed by atoms with Gasteiger partial charge in [-0.25, -0.2) is 4.79 Å². The van der Waals surface area contributed by atoms with E-state index < -0.39 is 18.1 Å². The molecule has 202 valence electrons. The summed E-state index contributed by atoms with van der Waals surface area (Å²) in [5.41, 5.74) is 3.95. The first-order valence-corrected chi connectivity index (χ1v) is 11.3. The number of aromatic nitrogens is 2. The second-order valence-corrected chi connectivity index (χ2v) is 8.30. The Morgan fingerprint density at radius 2 is 1.82 bits per heavy atom. The van der Waals surface area contributed by atoms with Gasteiger partial charge in [0.25, 0.3) is 5.91 Å². The van der Waals surface area contributed by atoms with Crippen molar-refractivity contribution in [1.82, 2.24) is 9.78 Å². The Morgan fingerprint density at radius 3 is 2.45 bits per heavy atom. The number of carboxylic acid groups (broad SMARTS) is 2. The zero-order valence-electron chi connectivity index (χ0n) is 20.5. The maximum Gasteiger partial charge on any atom is 0.490 e. The van der Waals surface area contributed by atoms with Crippen molar-refractivity contribution in [2.45, 2.75) is 32.5 Å². The van der Waals surface area contributed by atoms with Gasteiger partial charge in [-0.2, -0.15) is 18.3 Å². The smallest absolute Gasteiger partial charge is 0.490 e. The number of hydrogen-bond acceptors (Lipinski definition) is 6. The number of anilines is 3. The predicted octanol–water partition coefficient (Wildman–Crippen LogP) is 4.51. The summed E-state index contributed by atoms with van der Waals surface area (Å²) in [5, 5.41) is 23.6. The van der Waals surface area contributed by atoms with E-state index in [-0.39, 0.29) is 12.3 Å². The number of halogens is 3. The molecule has 1 aliphatic heterocycles. The van der Waals surface area contributed by atoms with E-state index in [9.17, 15) is 22.8 Å². The van der Waals surface area contributed by atoms with Crippen LogP contribution in [-0.2, 0) is 23.2 Å². The van der Waals surface area contributed by atoms with Crippen LogP contribution >= 0.6 is 0 Å². The zero-order valence-corrected chi connectivity index (χ0v) is 20.5. The van der Waals surface area contributed by atoms with E-state index in [0.717, 1.165) is 28.3 Å². The van der Waals surface area contributed by atoms with Gasteiger partial charge in [0.05, 0.1) is 30.7 Å². The van der Waals surface area contributed by atoms with Gasteiger partial charge in [-0.05, 0) is 49.2 Å². The molecule has 0 aliphatic carbocycles. The fourth-order valence-electron chi connectivity index (χ4n) is 3.64. The first-order valence-electron chi connectivity index (χ1n) is 11.3. The summed E-state index contributed by atoms with van der Waals surface area (Å²) in [6, 6.07) is 13.0. The molecule has 1 aliphatic rings. The number of amides is 1. The van der Waals surface area contributed by atoms with Gasteiger partial charge in [0.15, 0.2) is 0 Å². The van der Waals surface area contributed by atoms with Crippen LogP contribution < -0.4 is 15.0 Å². The number of aliphatic carboxylic acids is 2. The highest BCUT2D eigenvalue weighted by molar-refractivity contribution is 6.08. The third-order valence-corrected chi connectivity index (χ3v) is 5.49. The highest BCUT2D eigenvalue weighted by Crippen LogP contribution is 2.36. The van der Waals surface area contributed by atoms with Crippen molar-refractivity contribution in [2.75, 3.05) is 16.8 Å². The Bertz CT molecular complexity index is 1340. The van der Waals surface area contributed by atoms with Crippen molar-refractivity contribution in [3.8, 4) is 5.75 Å². The Hall–Kier alpha value is -4.55. The van der Waals surface area contributed by atoms with Crippen LogP contribution in [0.3, 0.4) is 0 Å². The van der Waals surface area contributed by atoms with Gasteiger partial charge in [0.2, 0.25) is 0 Å². The number of para-hydroxylation sites is 2. The molecule has 4 rings (SSSR count). The van der Waals surface area contributed by atoms with Crippen LogP contribution in [0.1, 0.15) is 34.3 Å². The SMILES string of the molecule is Cc1cc(C(=O)N2Cc3cnn(C)c3Nc3ccccc32)ccc1OCCCC(=O)O.O=C(O)C(F)(F)F. The van der Waals surface area contributed by atoms with Crippen LogP contribution in [0.4, 0.5) is 30.4 Å². The van der Waals surface area contributed by atoms with Crippen LogP contribution in [0, 0.1) is 6.92 Å². The quantitative estimate of drug-likeness (QED) is 0.394. The Balaban J connectivity index is 0.000000505. The minimum absolute atomic E-state index is 0.0638. The fourth-order valence-corrected chi connectivity index (χ4v) is 3.64. The lowest BCUT2D eigenvalue weighted by molar-refractivity contribution is -0.192. The van der Waals surface area contributed by atoms with E-state index in [1.54, 1.807) is 34.0 Å². The Kier molecular flexibility index (Phi) is 8.61. The van der Waals surface area contributed by atoms with Gasteiger partial charge in [-0.1, -0.05) is 12.1 Å². The number of ether oxygens (including phenoxy) is 1. The molecule has 1 amide bonds.